The number of halogens is 3. The molecule has 0 rings (SSSR count). The van der Waals surface area contributed by atoms with Gasteiger partial charge in [0.25, 0.3) is 0 Å². The third-order valence-corrected chi connectivity index (χ3v) is 1.79. The van der Waals surface area contributed by atoms with E-state index in [9.17, 15) is 18.0 Å². The molecule has 0 heterocycles. The largest absolute Gasteiger partial charge is 0.405 e. The molecule has 0 aromatic heterocycles. The summed E-state index contributed by atoms with van der Waals surface area (Å²) in [5, 5.41) is 10.9. The first-order valence-electron chi connectivity index (χ1n) is 4.92. The normalized spacial score (nSPS) is 13.8. The Labute approximate surface area is 92.4 Å². The summed E-state index contributed by atoms with van der Waals surface area (Å²) in [6, 6.07) is -1.10. The molecule has 0 fully saturated rings. The summed E-state index contributed by atoms with van der Waals surface area (Å²) in [6.45, 7) is 3.42. The summed E-state index contributed by atoms with van der Waals surface area (Å²) in [5.74, 6) is 0. The monoisotopic (exact) mass is 242 g/mol. The average molecular weight is 242 g/mol. The summed E-state index contributed by atoms with van der Waals surface area (Å²) in [6.07, 6.45) is -5.21. The van der Waals surface area contributed by atoms with E-state index >= 15 is 0 Å². The van der Waals surface area contributed by atoms with Crippen LogP contribution in [0.25, 0.3) is 0 Å². The fourth-order valence-corrected chi connectivity index (χ4v) is 1.09. The highest BCUT2D eigenvalue weighted by Crippen LogP contribution is 2.12. The molecule has 0 aliphatic rings. The number of aliphatic hydroxyl groups is 1. The highest BCUT2D eigenvalue weighted by Gasteiger charge is 2.29. The van der Waals surface area contributed by atoms with Crippen molar-refractivity contribution in [3.63, 3.8) is 0 Å². The Balaban J connectivity index is 4.29. The van der Waals surface area contributed by atoms with Crippen LogP contribution >= 0.6 is 0 Å². The number of alkyl halides is 3. The fourth-order valence-electron chi connectivity index (χ4n) is 1.09. The number of hydrogen-bond donors (Lipinski definition) is 2. The highest BCUT2D eigenvalue weighted by molar-refractivity contribution is 5.74. The SMILES string of the molecule is CC(O)CN(C(=O)NCC(F)(F)F)C(C)C. The first kappa shape index (κ1) is 15.0. The van der Waals surface area contributed by atoms with Crippen LogP contribution in [-0.4, -0.2) is 47.4 Å². The number of rotatable bonds is 4. The Morgan fingerprint density at radius 1 is 1.38 bits per heavy atom. The van der Waals surface area contributed by atoms with Crippen molar-refractivity contribution in [2.24, 2.45) is 0 Å². The lowest BCUT2D eigenvalue weighted by Gasteiger charge is -2.28. The van der Waals surface area contributed by atoms with Gasteiger partial charge in [-0.05, 0) is 20.8 Å². The topological polar surface area (TPSA) is 52.6 Å². The molecule has 0 aromatic carbocycles. The zero-order chi connectivity index (χ0) is 12.9. The van der Waals surface area contributed by atoms with E-state index in [1.807, 2.05) is 0 Å². The van der Waals surface area contributed by atoms with Crippen LogP contribution in [0.3, 0.4) is 0 Å². The van der Waals surface area contributed by atoms with E-state index < -0.39 is 24.9 Å². The Hall–Kier alpha value is -0.980. The van der Waals surface area contributed by atoms with Gasteiger partial charge in [-0.1, -0.05) is 0 Å². The molecule has 0 aliphatic heterocycles. The van der Waals surface area contributed by atoms with E-state index in [0.717, 1.165) is 4.90 Å². The molecule has 96 valence electrons. The molecule has 1 unspecified atom stereocenters. The summed E-state index contributed by atoms with van der Waals surface area (Å²) in [5.41, 5.74) is 0. The van der Waals surface area contributed by atoms with Crippen molar-refractivity contribution >= 4 is 6.03 Å². The molecule has 0 spiro atoms. The van der Waals surface area contributed by atoms with E-state index in [-0.39, 0.29) is 12.6 Å². The molecule has 0 aliphatic carbocycles. The van der Waals surface area contributed by atoms with Crippen molar-refractivity contribution < 1.29 is 23.1 Å². The maximum atomic E-state index is 11.9. The van der Waals surface area contributed by atoms with Crippen molar-refractivity contribution in [2.75, 3.05) is 13.1 Å². The molecule has 0 saturated heterocycles. The van der Waals surface area contributed by atoms with Gasteiger partial charge in [0.15, 0.2) is 0 Å². The number of carbonyl (C=O) groups is 1. The van der Waals surface area contributed by atoms with Crippen LogP contribution in [0.4, 0.5) is 18.0 Å². The molecule has 16 heavy (non-hydrogen) atoms. The molecule has 1 atom stereocenters. The van der Waals surface area contributed by atoms with Crippen LogP contribution in [-0.2, 0) is 0 Å². The lowest BCUT2D eigenvalue weighted by Crippen LogP contribution is -2.49. The maximum Gasteiger partial charge on any atom is 0.405 e. The second-order valence-electron chi connectivity index (χ2n) is 3.87. The first-order chi connectivity index (χ1) is 7.13. The van der Waals surface area contributed by atoms with Gasteiger partial charge in [0.1, 0.15) is 6.54 Å². The molecule has 7 heteroatoms. The third kappa shape index (κ3) is 6.49. The van der Waals surface area contributed by atoms with Gasteiger partial charge in [-0.2, -0.15) is 13.2 Å². The van der Waals surface area contributed by atoms with Crippen molar-refractivity contribution in [1.82, 2.24) is 10.2 Å². The molecular formula is C9H17F3N2O2. The van der Waals surface area contributed by atoms with E-state index in [1.165, 1.54) is 6.92 Å². The van der Waals surface area contributed by atoms with Gasteiger partial charge in [-0.25, -0.2) is 4.79 Å². The number of urea groups is 1. The molecule has 0 bridgehead atoms. The summed E-state index contributed by atoms with van der Waals surface area (Å²) >= 11 is 0. The van der Waals surface area contributed by atoms with Crippen molar-refractivity contribution in [3.8, 4) is 0 Å². The van der Waals surface area contributed by atoms with E-state index in [2.05, 4.69) is 0 Å². The van der Waals surface area contributed by atoms with Gasteiger partial charge < -0.3 is 15.3 Å². The van der Waals surface area contributed by atoms with Gasteiger partial charge in [-0.15, -0.1) is 0 Å². The van der Waals surface area contributed by atoms with Crippen molar-refractivity contribution in [1.29, 1.82) is 0 Å². The molecular weight excluding hydrogens is 225 g/mol. The minimum Gasteiger partial charge on any atom is -0.392 e. The smallest absolute Gasteiger partial charge is 0.392 e. The van der Waals surface area contributed by atoms with Crippen LogP contribution < -0.4 is 5.32 Å². The Kier molecular flexibility index (Phi) is 5.57. The number of hydrogen-bond acceptors (Lipinski definition) is 2. The lowest BCUT2D eigenvalue weighted by atomic mass is 10.3. The Bertz CT molecular complexity index is 229. The fraction of sp³-hybridized carbons (Fsp3) is 0.889. The molecule has 4 nitrogen and oxygen atoms in total. The van der Waals surface area contributed by atoms with E-state index in [1.54, 1.807) is 19.2 Å². The van der Waals surface area contributed by atoms with Gasteiger partial charge in [-0.3, -0.25) is 0 Å². The number of amides is 2. The predicted molar refractivity (Wildman–Crippen MR) is 53.0 cm³/mol. The predicted octanol–water partition coefficient (Wildman–Crippen LogP) is 1.35. The van der Waals surface area contributed by atoms with Crippen LogP contribution in [0.2, 0.25) is 0 Å². The van der Waals surface area contributed by atoms with Gasteiger partial charge >= 0.3 is 12.2 Å². The summed E-state index contributed by atoms with van der Waals surface area (Å²) < 4.78 is 35.6. The number of aliphatic hydroxyl groups excluding tert-OH is 1. The minimum atomic E-state index is -4.43. The Morgan fingerprint density at radius 3 is 2.19 bits per heavy atom. The molecule has 0 aromatic rings. The van der Waals surface area contributed by atoms with Gasteiger partial charge in [0, 0.05) is 12.6 Å². The van der Waals surface area contributed by atoms with Crippen LogP contribution in [0, 0.1) is 0 Å². The van der Waals surface area contributed by atoms with Crippen molar-refractivity contribution in [3.05, 3.63) is 0 Å². The number of nitrogens with one attached hydrogen (secondary N) is 1. The quantitative estimate of drug-likeness (QED) is 0.781. The van der Waals surface area contributed by atoms with Crippen LogP contribution in [0.15, 0.2) is 0 Å². The molecule has 2 N–H and O–H groups in total. The summed E-state index contributed by atoms with van der Waals surface area (Å²) in [4.78, 5) is 12.5. The summed E-state index contributed by atoms with van der Waals surface area (Å²) in [7, 11) is 0. The zero-order valence-corrected chi connectivity index (χ0v) is 9.51. The van der Waals surface area contributed by atoms with Gasteiger partial charge in [0.2, 0.25) is 0 Å². The highest BCUT2D eigenvalue weighted by atomic mass is 19.4. The van der Waals surface area contributed by atoms with Crippen LogP contribution in [0.1, 0.15) is 20.8 Å². The average Bonchev–Trinajstić information content (AvgIpc) is 2.08. The number of nitrogens with zero attached hydrogens (tertiary/aromatic N) is 1. The zero-order valence-electron chi connectivity index (χ0n) is 9.51. The van der Waals surface area contributed by atoms with E-state index in [0.29, 0.717) is 0 Å². The minimum absolute atomic E-state index is 0.00135. The van der Waals surface area contributed by atoms with Crippen LogP contribution in [0.5, 0.6) is 0 Å². The maximum absolute atomic E-state index is 11.9. The van der Waals surface area contributed by atoms with Gasteiger partial charge in [0.05, 0.1) is 6.10 Å². The second kappa shape index (κ2) is 5.93. The molecule has 0 saturated carbocycles. The van der Waals surface area contributed by atoms with Crippen molar-refractivity contribution in [2.45, 2.75) is 39.1 Å². The second-order valence-corrected chi connectivity index (χ2v) is 3.87. The number of carbonyl (C=O) groups excluding carboxylic acids is 1. The first-order valence-corrected chi connectivity index (χ1v) is 4.92. The third-order valence-electron chi connectivity index (χ3n) is 1.79. The molecule has 2 amide bonds. The lowest BCUT2D eigenvalue weighted by molar-refractivity contribution is -0.123. The van der Waals surface area contributed by atoms with E-state index in [4.69, 9.17) is 5.11 Å². The Morgan fingerprint density at radius 2 is 1.88 bits per heavy atom. The standard InChI is InChI=1S/C9H17F3N2O2/c1-6(2)14(4-7(3)15)8(16)13-5-9(10,11)12/h6-7,15H,4-5H2,1-3H3,(H,13,16). The molecule has 0 radical (unpaired) electrons.